The Labute approximate surface area is 195 Å². The number of hydrogen-bond donors (Lipinski definition) is 0. The minimum Gasteiger partial charge on any atom is -0.543 e. The van der Waals surface area contributed by atoms with Gasteiger partial charge in [-0.2, -0.15) is 0 Å². The molecule has 1 heterocycles. The predicted molar refractivity (Wildman–Crippen MR) is 126 cm³/mol. The van der Waals surface area contributed by atoms with Crippen LogP contribution in [0.15, 0.2) is 36.4 Å². The summed E-state index contributed by atoms with van der Waals surface area (Å²) >= 11 is 0. The van der Waals surface area contributed by atoms with Crippen molar-refractivity contribution in [2.75, 3.05) is 0 Å². The second-order valence-corrected chi connectivity index (χ2v) is 14.4. The number of benzene rings is 2. The van der Waals surface area contributed by atoms with E-state index >= 15 is 0 Å². The first-order valence-corrected chi connectivity index (χ1v) is 13.7. The van der Waals surface area contributed by atoms with Crippen molar-refractivity contribution in [2.45, 2.75) is 65.3 Å². The summed E-state index contributed by atoms with van der Waals surface area (Å²) in [5, 5.41) is -0.0482. The number of carbonyl (C=O) groups excluding carboxylic acids is 3. The third-order valence-corrected chi connectivity index (χ3v) is 10.3. The first-order valence-electron chi connectivity index (χ1n) is 10.8. The Balaban J connectivity index is 1.98. The molecule has 0 fully saturated rings. The predicted octanol–water partition coefficient (Wildman–Crippen LogP) is 5.63. The summed E-state index contributed by atoms with van der Waals surface area (Å²) in [6.45, 7) is 13.2. The van der Waals surface area contributed by atoms with Crippen molar-refractivity contribution in [3.8, 4) is 23.0 Å². The van der Waals surface area contributed by atoms with E-state index < -0.39 is 26.4 Å². The normalized spacial score (nSPS) is 15.8. The van der Waals surface area contributed by atoms with Gasteiger partial charge in [0, 0.05) is 26.0 Å². The molecule has 7 nitrogen and oxygen atoms in total. The van der Waals surface area contributed by atoms with Crippen LogP contribution in [0.25, 0.3) is 0 Å². The van der Waals surface area contributed by atoms with Crippen LogP contribution in [0.2, 0.25) is 18.1 Å². The van der Waals surface area contributed by atoms with E-state index in [1.165, 1.54) is 13.8 Å². The lowest BCUT2D eigenvalue weighted by Gasteiger charge is -2.37. The third-order valence-electron chi connectivity index (χ3n) is 5.90. The van der Waals surface area contributed by atoms with Crippen molar-refractivity contribution in [1.82, 2.24) is 0 Å². The van der Waals surface area contributed by atoms with Gasteiger partial charge >= 0.3 is 11.9 Å². The average Bonchev–Trinajstić information content (AvgIpc) is 2.65. The fraction of sp³-hybridized carbons (Fsp3) is 0.400. The largest absolute Gasteiger partial charge is 0.543 e. The van der Waals surface area contributed by atoms with E-state index in [0.29, 0.717) is 17.2 Å². The molecule has 0 bridgehead atoms. The van der Waals surface area contributed by atoms with Gasteiger partial charge in [0.2, 0.25) is 8.32 Å². The summed E-state index contributed by atoms with van der Waals surface area (Å²) in [5.41, 5.74) is 0.996. The molecule has 33 heavy (non-hydrogen) atoms. The van der Waals surface area contributed by atoms with Crippen LogP contribution in [0.4, 0.5) is 0 Å². The number of rotatable bonds is 5. The van der Waals surface area contributed by atoms with Crippen LogP contribution in [0.3, 0.4) is 0 Å². The number of fused-ring (bicyclic) bond motifs is 1. The molecule has 0 aromatic heterocycles. The summed E-state index contributed by atoms with van der Waals surface area (Å²) in [7, 11) is -2.19. The molecule has 1 aliphatic heterocycles. The molecule has 2 aromatic carbocycles. The molecule has 0 saturated carbocycles. The molecule has 1 atom stereocenters. The summed E-state index contributed by atoms with van der Waals surface area (Å²) in [6, 6.07) is 10.1. The van der Waals surface area contributed by atoms with Gasteiger partial charge in [0.15, 0.2) is 5.78 Å². The van der Waals surface area contributed by atoms with Gasteiger partial charge in [-0.3, -0.25) is 14.4 Å². The lowest BCUT2D eigenvalue weighted by molar-refractivity contribution is -0.132. The van der Waals surface area contributed by atoms with E-state index in [4.69, 9.17) is 18.6 Å². The second kappa shape index (κ2) is 9.01. The van der Waals surface area contributed by atoms with Crippen molar-refractivity contribution in [3.05, 3.63) is 47.5 Å². The maximum atomic E-state index is 13.1. The molecule has 0 amide bonds. The summed E-state index contributed by atoms with van der Waals surface area (Å²) in [4.78, 5) is 35.9. The van der Waals surface area contributed by atoms with E-state index in [2.05, 4.69) is 33.9 Å². The van der Waals surface area contributed by atoms with Crippen molar-refractivity contribution < 1.29 is 33.0 Å². The number of Topliss-reactive ketones (excluding diaryl/α,β-unsaturated/α-hetero) is 1. The van der Waals surface area contributed by atoms with Crippen LogP contribution >= 0.6 is 0 Å². The van der Waals surface area contributed by atoms with Crippen LogP contribution in [0, 0.1) is 0 Å². The molecule has 0 saturated heterocycles. The number of ketones is 1. The highest BCUT2D eigenvalue weighted by molar-refractivity contribution is 6.74. The van der Waals surface area contributed by atoms with Crippen molar-refractivity contribution in [3.63, 3.8) is 0 Å². The van der Waals surface area contributed by atoms with Crippen molar-refractivity contribution in [1.29, 1.82) is 0 Å². The van der Waals surface area contributed by atoms with Gasteiger partial charge in [0.05, 0.1) is 6.42 Å². The molecular weight excluding hydrogens is 440 g/mol. The smallest absolute Gasteiger partial charge is 0.308 e. The van der Waals surface area contributed by atoms with Gasteiger partial charge in [-0.25, -0.2) is 0 Å². The zero-order valence-electron chi connectivity index (χ0n) is 20.1. The number of ether oxygens (including phenoxy) is 3. The van der Waals surface area contributed by atoms with Gasteiger partial charge < -0.3 is 18.6 Å². The summed E-state index contributed by atoms with van der Waals surface area (Å²) in [6.07, 6.45) is -0.457. The zero-order chi connectivity index (χ0) is 24.6. The highest BCUT2D eigenvalue weighted by Crippen LogP contribution is 2.45. The lowest BCUT2D eigenvalue weighted by Crippen LogP contribution is -2.43. The Bertz CT molecular complexity index is 1080. The van der Waals surface area contributed by atoms with Crippen LogP contribution in [-0.2, 0) is 9.59 Å². The van der Waals surface area contributed by atoms with Crippen molar-refractivity contribution in [2.24, 2.45) is 0 Å². The molecule has 0 unspecified atom stereocenters. The fourth-order valence-corrected chi connectivity index (χ4v) is 4.26. The lowest BCUT2D eigenvalue weighted by atomic mass is 9.95. The van der Waals surface area contributed by atoms with Gasteiger partial charge in [-0.05, 0) is 35.8 Å². The number of hydrogen-bond acceptors (Lipinski definition) is 7. The van der Waals surface area contributed by atoms with E-state index in [0.717, 1.165) is 5.56 Å². The minimum atomic E-state index is -2.19. The SMILES string of the molecule is CC(=O)Oc1ccc([C@@H]2CC(=O)c3c(OC(C)=O)cc(O[Si](C)(C)C(C)(C)C)cc3O2)cc1. The van der Waals surface area contributed by atoms with Gasteiger partial charge in [0.25, 0.3) is 0 Å². The molecule has 0 radical (unpaired) electrons. The maximum absolute atomic E-state index is 13.1. The zero-order valence-corrected chi connectivity index (χ0v) is 21.1. The van der Waals surface area contributed by atoms with Crippen LogP contribution in [0.5, 0.6) is 23.0 Å². The molecule has 0 N–H and O–H groups in total. The Morgan fingerprint density at radius 1 is 0.970 bits per heavy atom. The van der Waals surface area contributed by atoms with E-state index in [1.54, 1.807) is 36.4 Å². The van der Waals surface area contributed by atoms with Gasteiger partial charge in [0.1, 0.15) is 34.7 Å². The Morgan fingerprint density at radius 2 is 1.58 bits per heavy atom. The molecule has 3 rings (SSSR count). The van der Waals surface area contributed by atoms with Crippen LogP contribution < -0.4 is 18.6 Å². The monoisotopic (exact) mass is 470 g/mol. The molecule has 2 aromatic rings. The van der Waals surface area contributed by atoms with Gasteiger partial charge in [-0.1, -0.05) is 32.9 Å². The number of esters is 2. The highest BCUT2D eigenvalue weighted by Gasteiger charge is 2.40. The first-order chi connectivity index (χ1) is 15.3. The highest BCUT2D eigenvalue weighted by atomic mass is 28.4. The Kier molecular flexibility index (Phi) is 6.69. The van der Waals surface area contributed by atoms with Crippen molar-refractivity contribution >= 4 is 26.0 Å². The molecule has 0 spiro atoms. The summed E-state index contributed by atoms with van der Waals surface area (Å²) in [5.74, 6) is 0.229. The second-order valence-electron chi connectivity index (χ2n) is 9.65. The molecule has 176 valence electrons. The Morgan fingerprint density at radius 3 is 2.12 bits per heavy atom. The molecule has 0 aliphatic carbocycles. The summed E-state index contributed by atoms with van der Waals surface area (Å²) < 4.78 is 23.0. The maximum Gasteiger partial charge on any atom is 0.308 e. The standard InChI is InChI=1S/C25H30O7Si/c1-15(26)29-18-10-8-17(9-11-18)21-14-20(28)24-22(30-16(2)27)12-19(13-23(24)31-21)32-33(6,7)25(3,4)5/h8-13,21H,14H2,1-7H3/t21-/m0/s1. The first kappa shape index (κ1) is 24.5. The third kappa shape index (κ3) is 5.62. The van der Waals surface area contributed by atoms with E-state index in [-0.39, 0.29) is 28.6 Å². The van der Waals surface area contributed by atoms with E-state index in [9.17, 15) is 14.4 Å². The topological polar surface area (TPSA) is 88.1 Å². The van der Waals surface area contributed by atoms with Gasteiger partial charge in [-0.15, -0.1) is 0 Å². The minimum absolute atomic E-state index is 0.0482. The fourth-order valence-electron chi connectivity index (χ4n) is 3.24. The van der Waals surface area contributed by atoms with Crippen LogP contribution in [0.1, 0.15) is 63.1 Å². The molecule has 1 aliphatic rings. The number of carbonyl (C=O) groups is 3. The van der Waals surface area contributed by atoms with E-state index in [1.807, 2.05) is 0 Å². The molecular formula is C25H30O7Si. The Hall–Kier alpha value is -3.13. The average molecular weight is 471 g/mol. The molecule has 8 heteroatoms. The van der Waals surface area contributed by atoms with Crippen LogP contribution in [-0.4, -0.2) is 26.0 Å². The quantitative estimate of drug-likeness (QED) is 0.318.